The monoisotopic (exact) mass is 322 g/mol. The van der Waals surface area contributed by atoms with Crippen molar-refractivity contribution in [1.29, 1.82) is 0 Å². The molecule has 0 spiro atoms. The number of unbranched alkanes of at least 4 members (excludes halogenated alkanes) is 3. The van der Waals surface area contributed by atoms with Crippen LogP contribution in [0.3, 0.4) is 0 Å². The predicted octanol–water partition coefficient (Wildman–Crippen LogP) is 7.16. The van der Waals surface area contributed by atoms with E-state index in [-0.39, 0.29) is 5.92 Å². The SMILES string of the molecule is CCCCCc1ccc(C2CCC(CCCC)CC2)c(F)c1F. The summed E-state index contributed by atoms with van der Waals surface area (Å²) in [6.07, 6.45) is 12.0. The molecule has 1 aliphatic rings. The van der Waals surface area contributed by atoms with Gasteiger partial charge in [-0.15, -0.1) is 0 Å². The molecule has 0 nitrogen and oxygen atoms in total. The maximum Gasteiger partial charge on any atom is 0.162 e. The Balaban J connectivity index is 1.97. The van der Waals surface area contributed by atoms with E-state index in [1.807, 2.05) is 12.1 Å². The molecule has 23 heavy (non-hydrogen) atoms. The van der Waals surface area contributed by atoms with E-state index in [0.717, 1.165) is 38.0 Å². The van der Waals surface area contributed by atoms with Gasteiger partial charge in [0.1, 0.15) is 0 Å². The van der Waals surface area contributed by atoms with Crippen molar-refractivity contribution in [3.63, 3.8) is 0 Å². The lowest BCUT2D eigenvalue weighted by molar-refractivity contribution is 0.299. The molecule has 0 bridgehead atoms. The second kappa shape index (κ2) is 9.39. The Morgan fingerprint density at radius 3 is 2.22 bits per heavy atom. The maximum atomic E-state index is 14.5. The van der Waals surface area contributed by atoms with Crippen molar-refractivity contribution in [3.8, 4) is 0 Å². The molecule has 0 radical (unpaired) electrons. The first kappa shape index (κ1) is 18.4. The smallest absolute Gasteiger partial charge is 0.162 e. The molecule has 0 aromatic heterocycles. The molecule has 0 heterocycles. The van der Waals surface area contributed by atoms with Gasteiger partial charge >= 0.3 is 0 Å². The number of aryl methyl sites for hydroxylation is 1. The zero-order chi connectivity index (χ0) is 16.7. The van der Waals surface area contributed by atoms with Crippen LogP contribution in [0.4, 0.5) is 8.78 Å². The zero-order valence-electron chi connectivity index (χ0n) is 14.8. The van der Waals surface area contributed by atoms with E-state index >= 15 is 0 Å². The van der Waals surface area contributed by atoms with Crippen molar-refractivity contribution < 1.29 is 8.78 Å². The van der Waals surface area contributed by atoms with Crippen LogP contribution in [0.15, 0.2) is 12.1 Å². The van der Waals surface area contributed by atoms with E-state index in [1.54, 1.807) is 0 Å². The van der Waals surface area contributed by atoms with E-state index < -0.39 is 11.6 Å². The molecule has 1 aromatic rings. The van der Waals surface area contributed by atoms with Gasteiger partial charge in [0.05, 0.1) is 0 Å². The molecule has 0 unspecified atom stereocenters. The van der Waals surface area contributed by atoms with Gasteiger partial charge in [-0.2, -0.15) is 0 Å². The molecular weight excluding hydrogens is 290 g/mol. The second-order valence-corrected chi connectivity index (χ2v) is 7.26. The summed E-state index contributed by atoms with van der Waals surface area (Å²) >= 11 is 0. The molecule has 1 aliphatic carbocycles. The van der Waals surface area contributed by atoms with Crippen molar-refractivity contribution in [2.45, 2.75) is 90.4 Å². The fourth-order valence-electron chi connectivity index (χ4n) is 3.93. The third-order valence-electron chi connectivity index (χ3n) is 5.49. The Hall–Kier alpha value is -0.920. The zero-order valence-corrected chi connectivity index (χ0v) is 14.8. The van der Waals surface area contributed by atoms with Gasteiger partial charge in [0.25, 0.3) is 0 Å². The summed E-state index contributed by atoms with van der Waals surface area (Å²) in [5.41, 5.74) is 1.17. The van der Waals surface area contributed by atoms with Crippen LogP contribution in [0.25, 0.3) is 0 Å². The normalized spacial score (nSPS) is 21.6. The van der Waals surface area contributed by atoms with Crippen LogP contribution < -0.4 is 0 Å². The summed E-state index contributed by atoms with van der Waals surface area (Å²) in [5.74, 6) is -0.151. The Kier molecular flexibility index (Phi) is 7.52. The van der Waals surface area contributed by atoms with Crippen LogP contribution in [0.1, 0.15) is 95.1 Å². The molecule has 0 aliphatic heterocycles. The van der Waals surface area contributed by atoms with Gasteiger partial charge in [0.2, 0.25) is 0 Å². The van der Waals surface area contributed by atoms with E-state index in [9.17, 15) is 8.78 Å². The summed E-state index contributed by atoms with van der Waals surface area (Å²) in [5, 5.41) is 0. The largest absolute Gasteiger partial charge is 0.203 e. The molecule has 1 saturated carbocycles. The van der Waals surface area contributed by atoms with Crippen LogP contribution in [-0.4, -0.2) is 0 Å². The molecule has 1 fully saturated rings. The average Bonchev–Trinajstić information content (AvgIpc) is 2.58. The van der Waals surface area contributed by atoms with E-state index in [4.69, 9.17) is 0 Å². The summed E-state index contributed by atoms with van der Waals surface area (Å²) in [4.78, 5) is 0. The predicted molar refractivity (Wildman–Crippen MR) is 93.8 cm³/mol. The fraction of sp³-hybridized carbons (Fsp3) is 0.714. The molecule has 2 heteroatoms. The molecular formula is C21H32F2. The average molecular weight is 322 g/mol. The van der Waals surface area contributed by atoms with Gasteiger partial charge < -0.3 is 0 Å². The number of hydrogen-bond donors (Lipinski definition) is 0. The van der Waals surface area contributed by atoms with E-state index in [0.29, 0.717) is 17.5 Å². The van der Waals surface area contributed by atoms with Gasteiger partial charge in [0.15, 0.2) is 11.6 Å². The molecule has 130 valence electrons. The van der Waals surface area contributed by atoms with Crippen molar-refractivity contribution in [2.75, 3.05) is 0 Å². The van der Waals surface area contributed by atoms with Crippen molar-refractivity contribution in [3.05, 3.63) is 34.9 Å². The standard InChI is InChI=1S/C21H32F2/c1-3-5-7-9-18-14-15-19(21(23)20(18)22)17-12-10-16(11-13-17)8-6-4-2/h14-17H,3-13H2,1-2H3. The minimum atomic E-state index is -0.591. The second-order valence-electron chi connectivity index (χ2n) is 7.26. The number of hydrogen-bond acceptors (Lipinski definition) is 0. The number of rotatable bonds is 8. The third kappa shape index (κ3) is 5.02. The first-order valence-electron chi connectivity index (χ1n) is 9.64. The van der Waals surface area contributed by atoms with Gasteiger partial charge in [-0.05, 0) is 61.5 Å². The summed E-state index contributed by atoms with van der Waals surface area (Å²) in [6, 6.07) is 3.68. The summed E-state index contributed by atoms with van der Waals surface area (Å²) < 4.78 is 28.8. The van der Waals surface area contributed by atoms with Crippen LogP contribution in [0, 0.1) is 17.6 Å². The minimum Gasteiger partial charge on any atom is -0.203 e. The maximum absolute atomic E-state index is 14.5. The first-order valence-corrected chi connectivity index (χ1v) is 9.64. The van der Waals surface area contributed by atoms with E-state index in [2.05, 4.69) is 13.8 Å². The quantitative estimate of drug-likeness (QED) is 0.445. The molecule has 0 saturated heterocycles. The molecule has 1 aromatic carbocycles. The van der Waals surface area contributed by atoms with Crippen LogP contribution in [0.5, 0.6) is 0 Å². The van der Waals surface area contributed by atoms with Gasteiger partial charge in [-0.1, -0.05) is 58.1 Å². The van der Waals surface area contributed by atoms with Gasteiger partial charge in [-0.25, -0.2) is 8.78 Å². The molecule has 0 N–H and O–H groups in total. The molecule has 2 rings (SSSR count). The van der Waals surface area contributed by atoms with Crippen molar-refractivity contribution in [2.24, 2.45) is 5.92 Å². The molecule has 0 amide bonds. The molecule has 0 atom stereocenters. The van der Waals surface area contributed by atoms with Crippen LogP contribution in [0.2, 0.25) is 0 Å². The van der Waals surface area contributed by atoms with E-state index in [1.165, 1.54) is 32.1 Å². The highest BCUT2D eigenvalue weighted by Crippen LogP contribution is 2.39. The lowest BCUT2D eigenvalue weighted by Gasteiger charge is -2.29. The van der Waals surface area contributed by atoms with Crippen LogP contribution >= 0.6 is 0 Å². The summed E-state index contributed by atoms with van der Waals surface area (Å²) in [6.45, 7) is 4.35. The highest BCUT2D eigenvalue weighted by atomic mass is 19.2. The number of benzene rings is 1. The Morgan fingerprint density at radius 2 is 1.57 bits per heavy atom. The Labute approximate surface area is 140 Å². The Morgan fingerprint density at radius 1 is 0.870 bits per heavy atom. The van der Waals surface area contributed by atoms with Crippen molar-refractivity contribution in [1.82, 2.24) is 0 Å². The number of halogens is 2. The van der Waals surface area contributed by atoms with Crippen LogP contribution in [-0.2, 0) is 6.42 Å². The fourth-order valence-corrected chi connectivity index (χ4v) is 3.93. The third-order valence-corrected chi connectivity index (χ3v) is 5.49. The first-order chi connectivity index (χ1) is 11.2. The Bertz CT molecular complexity index is 473. The topological polar surface area (TPSA) is 0 Å². The minimum absolute atomic E-state index is 0.215. The highest BCUT2D eigenvalue weighted by Gasteiger charge is 2.25. The van der Waals surface area contributed by atoms with Crippen molar-refractivity contribution >= 4 is 0 Å². The lowest BCUT2D eigenvalue weighted by Crippen LogP contribution is -2.15. The van der Waals surface area contributed by atoms with Gasteiger partial charge in [0, 0.05) is 0 Å². The summed E-state index contributed by atoms with van der Waals surface area (Å²) in [7, 11) is 0. The lowest BCUT2D eigenvalue weighted by atomic mass is 9.76. The van der Waals surface area contributed by atoms with Gasteiger partial charge in [-0.3, -0.25) is 0 Å². The highest BCUT2D eigenvalue weighted by molar-refractivity contribution is 5.29.